The van der Waals surface area contributed by atoms with Gasteiger partial charge in [0.2, 0.25) is 0 Å². The highest BCUT2D eigenvalue weighted by molar-refractivity contribution is 7.12. The number of thiophene rings is 1. The lowest BCUT2D eigenvalue weighted by Gasteiger charge is -2.18. The second-order valence-electron chi connectivity index (χ2n) is 4.94. The summed E-state index contributed by atoms with van der Waals surface area (Å²) < 4.78 is 5.41. The lowest BCUT2D eigenvalue weighted by atomic mass is 10.1. The molecule has 1 atom stereocenters. The largest absolute Gasteiger partial charge is 0.495 e. The van der Waals surface area contributed by atoms with Crippen LogP contribution in [0.15, 0.2) is 24.3 Å². The van der Waals surface area contributed by atoms with E-state index in [0.717, 1.165) is 11.4 Å². The molecule has 2 rings (SSSR count). The number of benzene rings is 1. The van der Waals surface area contributed by atoms with E-state index in [0.29, 0.717) is 0 Å². The summed E-state index contributed by atoms with van der Waals surface area (Å²) in [5, 5.41) is 3.55. The normalized spacial score (nSPS) is 12.3. The van der Waals surface area contributed by atoms with Gasteiger partial charge in [0, 0.05) is 15.8 Å². The van der Waals surface area contributed by atoms with Crippen LogP contribution in [0.4, 0.5) is 5.69 Å². The first-order valence-corrected chi connectivity index (χ1v) is 7.31. The van der Waals surface area contributed by atoms with E-state index in [1.807, 2.05) is 17.4 Å². The zero-order valence-electron chi connectivity index (χ0n) is 12.2. The van der Waals surface area contributed by atoms with Crippen molar-refractivity contribution in [2.45, 2.75) is 33.7 Å². The number of rotatable bonds is 4. The standard InChI is InChI=1S/C16H21NOS/c1-10-6-7-16(18-5)15(8-10)17-12(3)14-9-11(2)19-13(14)4/h6-9,12,17H,1-5H3. The molecule has 0 bridgehead atoms. The molecular weight excluding hydrogens is 254 g/mol. The summed E-state index contributed by atoms with van der Waals surface area (Å²) in [6.45, 7) is 8.62. The van der Waals surface area contributed by atoms with Gasteiger partial charge in [-0.1, -0.05) is 6.07 Å². The minimum atomic E-state index is 0.278. The van der Waals surface area contributed by atoms with Gasteiger partial charge in [-0.05, 0) is 57.0 Å². The van der Waals surface area contributed by atoms with Crippen molar-refractivity contribution in [1.82, 2.24) is 0 Å². The first-order valence-electron chi connectivity index (χ1n) is 6.49. The van der Waals surface area contributed by atoms with Gasteiger partial charge in [-0.2, -0.15) is 0 Å². The molecule has 1 N–H and O–H groups in total. The second kappa shape index (κ2) is 5.66. The fourth-order valence-electron chi connectivity index (χ4n) is 2.33. The molecule has 0 aliphatic rings. The fourth-order valence-corrected chi connectivity index (χ4v) is 3.35. The average Bonchev–Trinajstić information content (AvgIpc) is 2.69. The average molecular weight is 275 g/mol. The highest BCUT2D eigenvalue weighted by atomic mass is 32.1. The Kier molecular flexibility index (Phi) is 4.15. The minimum absolute atomic E-state index is 0.278. The van der Waals surface area contributed by atoms with Crippen LogP contribution < -0.4 is 10.1 Å². The van der Waals surface area contributed by atoms with Gasteiger partial charge in [0.25, 0.3) is 0 Å². The molecule has 0 aliphatic heterocycles. The van der Waals surface area contributed by atoms with Gasteiger partial charge in [0.05, 0.1) is 12.8 Å². The molecule has 0 amide bonds. The SMILES string of the molecule is COc1ccc(C)cc1NC(C)c1cc(C)sc1C. The van der Waals surface area contributed by atoms with Crippen LogP contribution in [0.5, 0.6) is 5.75 Å². The second-order valence-corrected chi connectivity index (χ2v) is 6.40. The molecule has 0 spiro atoms. The molecule has 0 aliphatic carbocycles. The molecular formula is C16H21NOS. The van der Waals surface area contributed by atoms with Crippen molar-refractivity contribution >= 4 is 17.0 Å². The van der Waals surface area contributed by atoms with Crippen LogP contribution >= 0.6 is 11.3 Å². The predicted octanol–water partition coefficient (Wildman–Crippen LogP) is 4.86. The van der Waals surface area contributed by atoms with E-state index >= 15 is 0 Å². The van der Waals surface area contributed by atoms with Crippen molar-refractivity contribution in [3.8, 4) is 5.75 Å². The molecule has 0 radical (unpaired) electrons. The summed E-state index contributed by atoms with van der Waals surface area (Å²) >= 11 is 1.85. The lowest BCUT2D eigenvalue weighted by molar-refractivity contribution is 0.416. The van der Waals surface area contributed by atoms with E-state index in [4.69, 9.17) is 4.74 Å². The van der Waals surface area contributed by atoms with E-state index in [2.05, 4.69) is 51.2 Å². The Morgan fingerprint density at radius 2 is 1.89 bits per heavy atom. The molecule has 2 nitrogen and oxygen atoms in total. The highest BCUT2D eigenvalue weighted by Crippen LogP contribution is 2.32. The van der Waals surface area contributed by atoms with E-state index < -0.39 is 0 Å². The van der Waals surface area contributed by atoms with Crippen LogP contribution in [0.1, 0.15) is 33.8 Å². The number of anilines is 1. The maximum absolute atomic E-state index is 5.41. The Labute approximate surface area is 119 Å². The van der Waals surface area contributed by atoms with Crippen LogP contribution in [-0.2, 0) is 0 Å². The molecule has 1 heterocycles. The van der Waals surface area contributed by atoms with Gasteiger partial charge in [-0.3, -0.25) is 0 Å². The van der Waals surface area contributed by atoms with Crippen LogP contribution in [0.2, 0.25) is 0 Å². The monoisotopic (exact) mass is 275 g/mol. The maximum atomic E-state index is 5.41. The third-order valence-electron chi connectivity index (χ3n) is 3.27. The van der Waals surface area contributed by atoms with Crippen molar-refractivity contribution in [3.63, 3.8) is 0 Å². The summed E-state index contributed by atoms with van der Waals surface area (Å²) in [5.41, 5.74) is 3.65. The van der Waals surface area contributed by atoms with Crippen molar-refractivity contribution < 1.29 is 4.74 Å². The van der Waals surface area contributed by atoms with Crippen molar-refractivity contribution in [1.29, 1.82) is 0 Å². The Morgan fingerprint density at radius 1 is 1.16 bits per heavy atom. The smallest absolute Gasteiger partial charge is 0.141 e. The van der Waals surface area contributed by atoms with Gasteiger partial charge < -0.3 is 10.1 Å². The first kappa shape index (κ1) is 13.9. The zero-order chi connectivity index (χ0) is 14.0. The molecule has 1 aromatic heterocycles. The van der Waals surface area contributed by atoms with E-state index in [-0.39, 0.29) is 6.04 Å². The Bertz CT molecular complexity index is 574. The molecule has 2 aromatic rings. The van der Waals surface area contributed by atoms with Crippen LogP contribution in [0.3, 0.4) is 0 Å². The van der Waals surface area contributed by atoms with Crippen molar-refractivity contribution in [3.05, 3.63) is 45.1 Å². The van der Waals surface area contributed by atoms with Gasteiger partial charge >= 0.3 is 0 Å². The first-order chi connectivity index (χ1) is 9.01. The summed E-state index contributed by atoms with van der Waals surface area (Å²) in [5.74, 6) is 0.891. The van der Waals surface area contributed by atoms with Gasteiger partial charge in [-0.25, -0.2) is 0 Å². The molecule has 3 heteroatoms. The summed E-state index contributed by atoms with van der Waals surface area (Å²) in [4.78, 5) is 2.74. The number of hydrogen-bond donors (Lipinski definition) is 1. The van der Waals surface area contributed by atoms with E-state index in [9.17, 15) is 0 Å². The third kappa shape index (κ3) is 3.10. The summed E-state index contributed by atoms with van der Waals surface area (Å²) in [6, 6.07) is 8.75. The van der Waals surface area contributed by atoms with Crippen LogP contribution in [-0.4, -0.2) is 7.11 Å². The van der Waals surface area contributed by atoms with E-state index in [1.54, 1.807) is 7.11 Å². The molecule has 0 saturated heterocycles. The number of nitrogens with one attached hydrogen (secondary N) is 1. The van der Waals surface area contributed by atoms with E-state index in [1.165, 1.54) is 20.9 Å². The molecule has 1 aromatic carbocycles. The fraction of sp³-hybridized carbons (Fsp3) is 0.375. The Balaban J connectivity index is 2.25. The number of ether oxygens (including phenoxy) is 1. The minimum Gasteiger partial charge on any atom is -0.495 e. The lowest BCUT2D eigenvalue weighted by Crippen LogP contribution is -2.08. The third-order valence-corrected chi connectivity index (χ3v) is 4.25. The Morgan fingerprint density at radius 3 is 2.47 bits per heavy atom. The van der Waals surface area contributed by atoms with Gasteiger partial charge in [-0.15, -0.1) is 11.3 Å². The quantitative estimate of drug-likeness (QED) is 0.860. The van der Waals surface area contributed by atoms with Crippen molar-refractivity contribution in [2.75, 3.05) is 12.4 Å². The number of hydrogen-bond acceptors (Lipinski definition) is 3. The number of methoxy groups -OCH3 is 1. The molecule has 19 heavy (non-hydrogen) atoms. The predicted molar refractivity (Wildman–Crippen MR) is 83.6 cm³/mol. The molecule has 1 unspecified atom stereocenters. The Hall–Kier alpha value is -1.48. The maximum Gasteiger partial charge on any atom is 0.141 e. The number of aryl methyl sites for hydroxylation is 3. The highest BCUT2D eigenvalue weighted by Gasteiger charge is 2.13. The van der Waals surface area contributed by atoms with Crippen LogP contribution in [0.25, 0.3) is 0 Å². The van der Waals surface area contributed by atoms with Gasteiger partial charge in [0.1, 0.15) is 5.75 Å². The van der Waals surface area contributed by atoms with Gasteiger partial charge in [0.15, 0.2) is 0 Å². The molecule has 0 saturated carbocycles. The zero-order valence-corrected chi connectivity index (χ0v) is 13.0. The summed E-state index contributed by atoms with van der Waals surface area (Å²) in [7, 11) is 1.71. The summed E-state index contributed by atoms with van der Waals surface area (Å²) in [6.07, 6.45) is 0. The topological polar surface area (TPSA) is 21.3 Å². The van der Waals surface area contributed by atoms with Crippen LogP contribution in [0, 0.1) is 20.8 Å². The molecule has 0 fully saturated rings. The van der Waals surface area contributed by atoms with Crippen molar-refractivity contribution in [2.24, 2.45) is 0 Å². The molecule has 102 valence electrons.